The summed E-state index contributed by atoms with van der Waals surface area (Å²) in [5, 5.41) is 20.3. The maximum Gasteiger partial charge on any atom is 0.408 e. The quantitative estimate of drug-likeness (QED) is 0.0590. The van der Waals surface area contributed by atoms with E-state index in [1.165, 1.54) is 68.7 Å². The summed E-state index contributed by atoms with van der Waals surface area (Å²) in [5.74, 6) is -9.32. The predicted octanol–water partition coefficient (Wildman–Crippen LogP) is 4.83. The molecule has 1 rings (SSSR count). The molecule has 470 valence electrons. The molecule has 9 amide bonds. The zero-order valence-electron chi connectivity index (χ0n) is 53.4. The Morgan fingerprint density at radius 1 is 0.494 bits per heavy atom. The van der Waals surface area contributed by atoms with Crippen LogP contribution in [-0.4, -0.2) is 191 Å². The van der Waals surface area contributed by atoms with Gasteiger partial charge in [-0.25, -0.2) is 9.59 Å². The van der Waals surface area contributed by atoms with Gasteiger partial charge in [0.2, 0.25) is 47.3 Å². The Balaban J connectivity index is 3.51. The summed E-state index contributed by atoms with van der Waals surface area (Å²) in [6.45, 7) is 27.2. The minimum Gasteiger partial charge on any atom is -0.480 e. The summed E-state index contributed by atoms with van der Waals surface area (Å²) in [6, 6.07) is -1.96. The number of hydrogen-bond donors (Lipinski definition) is 5. The molecule has 0 fully saturated rings. The molecule has 0 bridgehead atoms. The third kappa shape index (κ3) is 22.4. The number of carbonyl (C=O) groups is 11. The second-order valence-electron chi connectivity index (χ2n) is 24.0. The lowest BCUT2D eigenvalue weighted by molar-refractivity contribution is -0.164. The fourth-order valence-electron chi connectivity index (χ4n) is 9.70. The van der Waals surface area contributed by atoms with Crippen molar-refractivity contribution in [1.82, 2.24) is 45.8 Å². The van der Waals surface area contributed by atoms with Crippen molar-refractivity contribution in [2.45, 2.75) is 210 Å². The maximum absolute atomic E-state index is 15.0. The largest absolute Gasteiger partial charge is 0.480 e. The van der Waals surface area contributed by atoms with Gasteiger partial charge in [-0.15, -0.1) is 0 Å². The molecule has 1 aromatic rings. The molecule has 23 nitrogen and oxygen atoms in total. The first kappa shape index (κ1) is 74.2. The van der Waals surface area contributed by atoms with Gasteiger partial charge in [0, 0.05) is 42.2 Å². The van der Waals surface area contributed by atoms with Crippen molar-refractivity contribution in [3.05, 3.63) is 35.9 Å². The number of rotatable bonds is 33. The minimum absolute atomic E-state index is 0.0170. The zero-order chi connectivity index (χ0) is 64.1. The topological polar surface area (TPSA) is 291 Å². The monoisotopic (exact) mass is 1170 g/mol. The van der Waals surface area contributed by atoms with E-state index in [-0.39, 0.29) is 50.0 Å². The molecule has 0 spiro atoms. The summed E-state index contributed by atoms with van der Waals surface area (Å²) < 4.78 is 11.0. The van der Waals surface area contributed by atoms with Crippen LogP contribution in [0.2, 0.25) is 0 Å². The highest BCUT2D eigenvalue weighted by atomic mass is 16.6. The highest BCUT2D eigenvalue weighted by Gasteiger charge is 2.46. The number of carboxylic acids is 1. The van der Waals surface area contributed by atoms with E-state index in [0.717, 1.165) is 17.4 Å². The Kier molecular flexibility index (Phi) is 31.0. The summed E-state index contributed by atoms with van der Waals surface area (Å²) in [7, 11) is 7.06. The number of nitrogens with one attached hydrogen (secondary N) is 4. The third-order valence-corrected chi connectivity index (χ3v) is 14.8. The van der Waals surface area contributed by atoms with Crippen LogP contribution < -0.4 is 21.3 Å². The number of ether oxygens (including phenoxy) is 2. The fraction of sp³-hybridized carbons (Fsp3) is 0.717. The number of likely N-dealkylation sites (N-methyl/N-ethyl adjacent to an activating group) is 5. The molecular formula is C60H101N9O14. The van der Waals surface area contributed by atoms with E-state index >= 15 is 0 Å². The van der Waals surface area contributed by atoms with Crippen molar-refractivity contribution in [2.75, 3.05) is 35.2 Å². The molecule has 83 heavy (non-hydrogen) atoms. The molecule has 0 saturated heterocycles. The first-order valence-corrected chi connectivity index (χ1v) is 29.1. The number of nitrogens with zero attached hydrogens (tertiary/aromatic N) is 5. The Morgan fingerprint density at radius 3 is 1.40 bits per heavy atom. The number of aliphatic carboxylic acids is 1. The van der Waals surface area contributed by atoms with Crippen LogP contribution in [0.25, 0.3) is 0 Å². The summed E-state index contributed by atoms with van der Waals surface area (Å²) >= 11 is 0. The molecule has 0 aromatic heterocycles. The highest BCUT2D eigenvalue weighted by molar-refractivity contribution is 5.98. The standard InChI is InChI=1S/C60H101N9O14/c1-22-38(13)50(83-41(16)70)49(53(73)63-43(23-2)59(79)80)69(21)58(78)48(37(11)12)68(20)56(76)46(31-35(7)8)67(19)55(75)45(30-34(5)6)66(18)54(74)40(15)62-51(71)39(14)61-52(72)44(29-33(3)4)65(17)57(77)47(36(9)10)64-60(81)82-32-42-27-25-24-26-28-42/h24-28,33-40,43-50H,22-23,29-32H2,1-21H3,(H,61,72)(H,62,71)(H,63,73)(H,64,81)(H,79,80)/t38-,39+,40-,43+,44+,45+,46+,47+,48+,49+,50-/m1/s1. The summed E-state index contributed by atoms with van der Waals surface area (Å²) in [4.78, 5) is 158. The van der Waals surface area contributed by atoms with Crippen molar-refractivity contribution in [3.8, 4) is 0 Å². The Morgan fingerprint density at radius 2 is 0.952 bits per heavy atom. The lowest BCUT2D eigenvalue weighted by Gasteiger charge is -2.42. The number of esters is 1. The van der Waals surface area contributed by atoms with Gasteiger partial charge in [-0.2, -0.15) is 0 Å². The van der Waals surface area contributed by atoms with E-state index in [1.807, 2.05) is 47.6 Å². The highest BCUT2D eigenvalue weighted by Crippen LogP contribution is 2.26. The first-order valence-electron chi connectivity index (χ1n) is 29.1. The molecule has 0 aliphatic carbocycles. The van der Waals surface area contributed by atoms with Crippen LogP contribution >= 0.6 is 0 Å². The Labute approximate surface area is 493 Å². The Bertz CT molecular complexity index is 2350. The van der Waals surface area contributed by atoms with Gasteiger partial charge in [0.25, 0.3) is 0 Å². The van der Waals surface area contributed by atoms with E-state index < -0.39 is 144 Å². The molecule has 0 aliphatic heterocycles. The summed E-state index contributed by atoms with van der Waals surface area (Å²) in [5.41, 5.74) is 0.753. The molecule has 5 N–H and O–H groups in total. The van der Waals surface area contributed by atoms with Gasteiger partial charge in [0.15, 0.2) is 0 Å². The van der Waals surface area contributed by atoms with Gasteiger partial charge in [0.1, 0.15) is 67.1 Å². The second-order valence-corrected chi connectivity index (χ2v) is 24.0. The first-order chi connectivity index (χ1) is 38.5. The van der Waals surface area contributed by atoms with Crippen LogP contribution in [0.3, 0.4) is 0 Å². The molecule has 0 unspecified atom stereocenters. The second kappa shape index (κ2) is 34.7. The molecule has 23 heteroatoms. The van der Waals surface area contributed by atoms with E-state index in [2.05, 4.69) is 21.3 Å². The van der Waals surface area contributed by atoms with Gasteiger partial charge in [-0.1, -0.05) is 120 Å². The molecular weight excluding hydrogens is 1070 g/mol. The Hall–Kier alpha value is -6.81. The number of carboxylic acid groups (broad SMARTS) is 1. The minimum atomic E-state index is -1.52. The van der Waals surface area contributed by atoms with Crippen molar-refractivity contribution >= 4 is 65.3 Å². The van der Waals surface area contributed by atoms with Crippen LogP contribution in [0.1, 0.15) is 148 Å². The smallest absolute Gasteiger partial charge is 0.408 e. The average Bonchev–Trinajstić information content (AvgIpc) is 3.41. The molecule has 0 heterocycles. The van der Waals surface area contributed by atoms with E-state index in [9.17, 15) is 57.8 Å². The van der Waals surface area contributed by atoms with Crippen LogP contribution in [0.5, 0.6) is 0 Å². The SMILES string of the molecule is CC[C@H](NC(=O)[C@H]([C@H](OC(C)=O)[C@H](C)CC)N(C)C(=O)[C@H](C(C)C)N(C)C(=O)[C@H](CC(C)C)N(C)C(=O)[C@H](CC(C)C)N(C)C(=O)[C@@H](C)NC(=O)[C@H](C)NC(=O)[C@H](CC(C)C)N(C)C(=O)[C@@H](NC(=O)OCc1ccccc1)C(C)C)C(=O)O. The third-order valence-electron chi connectivity index (χ3n) is 14.8. The van der Waals surface area contributed by atoms with Gasteiger partial charge < -0.3 is 60.3 Å². The number of carbonyl (C=O) groups excluding carboxylic acids is 10. The van der Waals surface area contributed by atoms with Gasteiger partial charge in [-0.05, 0) is 87.0 Å². The van der Waals surface area contributed by atoms with Crippen molar-refractivity contribution in [1.29, 1.82) is 0 Å². The van der Waals surface area contributed by atoms with Crippen molar-refractivity contribution in [2.24, 2.45) is 35.5 Å². The normalized spacial score (nSPS) is 15.4. The molecule has 1 aromatic carbocycles. The van der Waals surface area contributed by atoms with Gasteiger partial charge in [-0.3, -0.25) is 43.2 Å². The molecule has 11 atom stereocenters. The fourth-order valence-corrected chi connectivity index (χ4v) is 9.70. The predicted molar refractivity (Wildman–Crippen MR) is 314 cm³/mol. The zero-order valence-corrected chi connectivity index (χ0v) is 53.4. The van der Waals surface area contributed by atoms with Crippen LogP contribution in [0, 0.1) is 35.5 Å². The van der Waals surface area contributed by atoms with E-state index in [0.29, 0.717) is 6.42 Å². The average molecular weight is 1170 g/mol. The van der Waals surface area contributed by atoms with Gasteiger partial charge in [0.05, 0.1) is 0 Å². The number of hydrogen-bond acceptors (Lipinski definition) is 13. The number of benzene rings is 1. The molecule has 0 saturated carbocycles. The molecule has 0 aliphatic rings. The maximum atomic E-state index is 15.0. The van der Waals surface area contributed by atoms with Gasteiger partial charge >= 0.3 is 18.0 Å². The summed E-state index contributed by atoms with van der Waals surface area (Å²) in [6.07, 6.45) is -1.12. The van der Waals surface area contributed by atoms with Crippen LogP contribution in [-0.2, 0) is 64.0 Å². The number of amides is 9. The molecule has 0 radical (unpaired) electrons. The van der Waals surface area contributed by atoms with E-state index in [4.69, 9.17) is 9.47 Å². The van der Waals surface area contributed by atoms with Crippen molar-refractivity contribution in [3.63, 3.8) is 0 Å². The van der Waals surface area contributed by atoms with Crippen LogP contribution in [0.15, 0.2) is 30.3 Å². The number of alkyl carbamates (subject to hydrolysis) is 1. The lowest BCUT2D eigenvalue weighted by Crippen LogP contribution is -2.63. The van der Waals surface area contributed by atoms with Crippen molar-refractivity contribution < 1.29 is 67.3 Å². The van der Waals surface area contributed by atoms with E-state index in [1.54, 1.807) is 72.7 Å². The lowest BCUT2D eigenvalue weighted by atomic mass is 9.91. The van der Waals surface area contributed by atoms with Crippen LogP contribution in [0.4, 0.5) is 4.79 Å².